The molecule has 0 bridgehead atoms. The number of carbonyl (C=O) groups excluding carboxylic acids is 1. The fraction of sp³-hybridized carbons (Fsp3) is 0.909. The summed E-state index contributed by atoms with van der Waals surface area (Å²) in [5, 5.41) is 3.12. The Balaban J connectivity index is 2.72. The maximum absolute atomic E-state index is 12.1. The minimum absolute atomic E-state index is 0.203. The largest absolute Gasteiger partial charge is 0.458 e. The third kappa shape index (κ3) is 3.43. The van der Waals surface area contributed by atoms with E-state index in [4.69, 9.17) is 14.2 Å². The van der Waals surface area contributed by atoms with Crippen molar-refractivity contribution in [3.8, 4) is 0 Å². The van der Waals surface area contributed by atoms with Gasteiger partial charge in [0, 0.05) is 20.2 Å². The van der Waals surface area contributed by atoms with Gasteiger partial charge in [-0.25, -0.2) is 4.79 Å². The number of carbonyl (C=O) groups is 1. The minimum Gasteiger partial charge on any atom is -0.458 e. The van der Waals surface area contributed by atoms with Crippen molar-refractivity contribution >= 4 is 5.97 Å². The van der Waals surface area contributed by atoms with Crippen molar-refractivity contribution in [2.24, 2.45) is 0 Å². The molecular weight excluding hydrogens is 210 g/mol. The summed E-state index contributed by atoms with van der Waals surface area (Å²) in [5.74, 6) is -0.367. The lowest BCUT2D eigenvalue weighted by Crippen LogP contribution is -2.59. The molecule has 1 rings (SSSR count). The van der Waals surface area contributed by atoms with Crippen LogP contribution in [0.15, 0.2) is 0 Å². The molecule has 0 spiro atoms. The van der Waals surface area contributed by atoms with E-state index in [1.807, 2.05) is 20.8 Å². The third-order valence-corrected chi connectivity index (χ3v) is 2.22. The Hall–Kier alpha value is -0.650. The number of nitrogens with one attached hydrogen (secondary N) is 1. The lowest BCUT2D eigenvalue weighted by molar-refractivity contribution is -0.194. The first-order valence-corrected chi connectivity index (χ1v) is 5.47. The Kier molecular flexibility index (Phi) is 4.29. The van der Waals surface area contributed by atoms with Crippen molar-refractivity contribution in [2.75, 3.05) is 33.4 Å². The summed E-state index contributed by atoms with van der Waals surface area (Å²) in [7, 11) is 1.55. The van der Waals surface area contributed by atoms with Crippen LogP contribution in [0, 0.1) is 0 Å². The van der Waals surface area contributed by atoms with E-state index in [1.54, 1.807) is 7.11 Å². The predicted molar refractivity (Wildman–Crippen MR) is 59.3 cm³/mol. The summed E-state index contributed by atoms with van der Waals surface area (Å²) in [6.45, 7) is 7.37. The van der Waals surface area contributed by atoms with Crippen LogP contribution in [-0.4, -0.2) is 50.6 Å². The van der Waals surface area contributed by atoms with Gasteiger partial charge in [-0.05, 0) is 20.8 Å². The van der Waals surface area contributed by atoms with Crippen molar-refractivity contribution in [3.63, 3.8) is 0 Å². The lowest BCUT2D eigenvalue weighted by Gasteiger charge is -2.36. The maximum atomic E-state index is 12.1. The second-order valence-corrected chi connectivity index (χ2v) is 4.95. The van der Waals surface area contributed by atoms with E-state index >= 15 is 0 Å². The highest BCUT2D eigenvalue weighted by Gasteiger charge is 2.44. The molecule has 1 fully saturated rings. The number of esters is 1. The number of ether oxygens (including phenoxy) is 3. The highest BCUT2D eigenvalue weighted by Crippen LogP contribution is 2.20. The molecule has 16 heavy (non-hydrogen) atoms. The summed E-state index contributed by atoms with van der Waals surface area (Å²) >= 11 is 0. The fourth-order valence-electron chi connectivity index (χ4n) is 1.55. The van der Waals surface area contributed by atoms with Crippen LogP contribution >= 0.6 is 0 Å². The molecule has 1 N–H and O–H groups in total. The minimum atomic E-state index is -1.000. The van der Waals surface area contributed by atoms with Crippen molar-refractivity contribution in [2.45, 2.75) is 32.0 Å². The number of hydrogen-bond acceptors (Lipinski definition) is 5. The topological polar surface area (TPSA) is 56.8 Å². The summed E-state index contributed by atoms with van der Waals surface area (Å²) in [6, 6.07) is 0. The summed E-state index contributed by atoms with van der Waals surface area (Å²) < 4.78 is 16.0. The number of morpholine rings is 1. The zero-order chi connectivity index (χ0) is 12.2. The lowest BCUT2D eigenvalue weighted by atomic mass is 10.0. The third-order valence-electron chi connectivity index (χ3n) is 2.22. The van der Waals surface area contributed by atoms with Gasteiger partial charge in [-0.1, -0.05) is 0 Å². The van der Waals surface area contributed by atoms with Gasteiger partial charge in [0.05, 0.1) is 13.2 Å². The van der Waals surface area contributed by atoms with Gasteiger partial charge in [-0.3, -0.25) is 0 Å². The van der Waals surface area contributed by atoms with Crippen LogP contribution < -0.4 is 5.32 Å². The Morgan fingerprint density at radius 1 is 1.50 bits per heavy atom. The van der Waals surface area contributed by atoms with Crippen molar-refractivity contribution in [3.05, 3.63) is 0 Å². The molecule has 1 saturated heterocycles. The molecule has 0 aromatic heterocycles. The van der Waals surface area contributed by atoms with Gasteiger partial charge >= 0.3 is 5.97 Å². The quantitative estimate of drug-likeness (QED) is 0.709. The van der Waals surface area contributed by atoms with Crippen molar-refractivity contribution < 1.29 is 19.0 Å². The van der Waals surface area contributed by atoms with Crippen LogP contribution in [0.3, 0.4) is 0 Å². The maximum Gasteiger partial charge on any atom is 0.342 e. The molecule has 0 aliphatic carbocycles. The zero-order valence-electron chi connectivity index (χ0n) is 10.5. The molecular formula is C11H21NO4. The molecule has 5 heteroatoms. The first kappa shape index (κ1) is 13.4. The molecule has 0 radical (unpaired) electrons. The number of hydrogen-bond donors (Lipinski definition) is 1. The van der Waals surface area contributed by atoms with Crippen LogP contribution in [0.5, 0.6) is 0 Å². The standard InChI is InChI=1S/C11H21NO4/c1-10(2,3)16-9(13)11(8-14-4)7-12-5-6-15-11/h12H,5-8H2,1-4H3/t11-/m0/s1. The van der Waals surface area contributed by atoms with E-state index in [0.29, 0.717) is 13.2 Å². The van der Waals surface area contributed by atoms with E-state index in [0.717, 1.165) is 6.54 Å². The van der Waals surface area contributed by atoms with Crippen LogP contribution in [0.1, 0.15) is 20.8 Å². The van der Waals surface area contributed by atoms with Gasteiger partial charge in [0.1, 0.15) is 5.60 Å². The molecule has 1 heterocycles. The monoisotopic (exact) mass is 231 g/mol. The highest BCUT2D eigenvalue weighted by molar-refractivity contribution is 5.80. The van der Waals surface area contributed by atoms with Crippen molar-refractivity contribution in [1.29, 1.82) is 0 Å². The van der Waals surface area contributed by atoms with Gasteiger partial charge in [-0.15, -0.1) is 0 Å². The van der Waals surface area contributed by atoms with Crippen LogP contribution in [0.4, 0.5) is 0 Å². The van der Waals surface area contributed by atoms with Crippen LogP contribution in [0.2, 0.25) is 0 Å². The molecule has 0 amide bonds. The second kappa shape index (κ2) is 5.12. The summed E-state index contributed by atoms with van der Waals surface area (Å²) in [4.78, 5) is 12.1. The van der Waals surface area contributed by atoms with Gasteiger partial charge < -0.3 is 19.5 Å². The predicted octanol–water partition coefficient (Wildman–Crippen LogP) is 0.333. The Bertz CT molecular complexity index is 235. The highest BCUT2D eigenvalue weighted by atomic mass is 16.6. The Morgan fingerprint density at radius 3 is 2.62 bits per heavy atom. The molecule has 5 nitrogen and oxygen atoms in total. The summed E-state index contributed by atoms with van der Waals surface area (Å²) in [6.07, 6.45) is 0. The van der Waals surface area contributed by atoms with E-state index < -0.39 is 11.2 Å². The average molecular weight is 231 g/mol. The van der Waals surface area contributed by atoms with Crippen LogP contribution in [0.25, 0.3) is 0 Å². The molecule has 0 aromatic rings. The van der Waals surface area contributed by atoms with E-state index in [1.165, 1.54) is 0 Å². The van der Waals surface area contributed by atoms with Gasteiger partial charge in [0.25, 0.3) is 0 Å². The van der Waals surface area contributed by atoms with Gasteiger partial charge in [-0.2, -0.15) is 0 Å². The first-order valence-electron chi connectivity index (χ1n) is 5.47. The number of methoxy groups -OCH3 is 1. The Labute approximate surface area is 96.4 Å². The Morgan fingerprint density at radius 2 is 2.19 bits per heavy atom. The van der Waals surface area contributed by atoms with Gasteiger partial charge in [0.15, 0.2) is 0 Å². The zero-order valence-corrected chi connectivity index (χ0v) is 10.5. The van der Waals surface area contributed by atoms with E-state index in [2.05, 4.69) is 5.32 Å². The molecule has 0 unspecified atom stereocenters. The van der Waals surface area contributed by atoms with E-state index in [9.17, 15) is 4.79 Å². The number of rotatable bonds is 3. The molecule has 0 saturated carbocycles. The molecule has 94 valence electrons. The molecule has 1 aliphatic heterocycles. The average Bonchev–Trinajstić information content (AvgIpc) is 2.17. The smallest absolute Gasteiger partial charge is 0.342 e. The SMILES string of the molecule is COC[C@]1(C(=O)OC(C)(C)C)CNCCO1. The normalized spacial score (nSPS) is 26.5. The molecule has 1 atom stereocenters. The van der Waals surface area contributed by atoms with Gasteiger partial charge in [0.2, 0.25) is 5.60 Å². The van der Waals surface area contributed by atoms with E-state index in [-0.39, 0.29) is 12.6 Å². The second-order valence-electron chi connectivity index (χ2n) is 4.95. The first-order chi connectivity index (χ1) is 7.40. The fourth-order valence-corrected chi connectivity index (χ4v) is 1.55. The molecule has 0 aromatic carbocycles. The van der Waals surface area contributed by atoms with Crippen molar-refractivity contribution in [1.82, 2.24) is 5.32 Å². The summed E-state index contributed by atoms with van der Waals surface area (Å²) in [5.41, 5.74) is -1.51. The molecule has 1 aliphatic rings. The van der Waals surface area contributed by atoms with Crippen LogP contribution in [-0.2, 0) is 19.0 Å².